The summed E-state index contributed by atoms with van der Waals surface area (Å²) in [6.45, 7) is 2.88. The van der Waals surface area contributed by atoms with Crippen molar-refractivity contribution in [3.05, 3.63) is 72.1 Å². The summed E-state index contributed by atoms with van der Waals surface area (Å²) in [5, 5.41) is 7.51. The van der Waals surface area contributed by atoms with Gasteiger partial charge in [-0.25, -0.2) is 4.79 Å². The Morgan fingerprint density at radius 1 is 1.02 bits per heavy atom. The van der Waals surface area contributed by atoms with Crippen LogP contribution in [0.1, 0.15) is 16.1 Å². The largest absolute Gasteiger partial charge is 0.489 e. The number of morpholine rings is 1. The number of anilines is 2. The highest BCUT2D eigenvalue weighted by Gasteiger charge is 2.35. The van der Waals surface area contributed by atoms with Gasteiger partial charge in [0.2, 0.25) is 0 Å². The maximum atomic E-state index is 13.7. The highest BCUT2D eigenvalue weighted by molar-refractivity contribution is 6.00. The first-order valence-corrected chi connectivity index (χ1v) is 12.4. The van der Waals surface area contributed by atoms with Crippen LogP contribution in [0, 0.1) is 0 Å². The highest BCUT2D eigenvalue weighted by atomic mass is 19.4. The molecule has 10 nitrogen and oxygen atoms in total. The fraction of sp³-hybridized carbons (Fsp3) is 0.296. The maximum absolute atomic E-state index is 13.7. The highest BCUT2D eigenvalue weighted by Crippen LogP contribution is 2.40. The van der Waals surface area contributed by atoms with Crippen molar-refractivity contribution in [2.45, 2.75) is 6.18 Å². The van der Waals surface area contributed by atoms with E-state index in [2.05, 4.69) is 20.9 Å². The summed E-state index contributed by atoms with van der Waals surface area (Å²) >= 11 is 0. The zero-order chi connectivity index (χ0) is 28.5. The van der Waals surface area contributed by atoms with Gasteiger partial charge >= 0.3 is 12.2 Å². The fourth-order valence-corrected chi connectivity index (χ4v) is 3.87. The number of rotatable bonds is 9. The first kappa shape index (κ1) is 28.6. The molecule has 0 atom stereocenters. The molecule has 3 amide bonds. The van der Waals surface area contributed by atoms with Crippen molar-refractivity contribution >= 4 is 23.3 Å². The standard InChI is InChI=1S/C27H28F3N5O5/c1-31-25(36)23-17-20(9-10-32-23)40-19-7-5-18(6-8-19)33-26(37)34-22-4-2-3-21(27(28,29)30)24(22)39-16-13-35-11-14-38-15-12-35/h2-10,17H,11-16H2,1H3,(H,31,36)(H2,33,34,37). The summed E-state index contributed by atoms with van der Waals surface area (Å²) in [5.74, 6) is 0.00432. The van der Waals surface area contributed by atoms with Crippen LogP contribution in [0.4, 0.5) is 29.3 Å². The summed E-state index contributed by atoms with van der Waals surface area (Å²) in [6, 6.07) is 12.0. The zero-order valence-corrected chi connectivity index (χ0v) is 21.6. The summed E-state index contributed by atoms with van der Waals surface area (Å²) in [5.41, 5.74) is -0.537. The Balaban J connectivity index is 1.39. The molecule has 0 bridgehead atoms. The van der Waals surface area contributed by atoms with Gasteiger partial charge in [-0.3, -0.25) is 14.7 Å². The minimum atomic E-state index is -4.67. The van der Waals surface area contributed by atoms with Crippen molar-refractivity contribution in [3.63, 3.8) is 0 Å². The number of hydrogen-bond donors (Lipinski definition) is 3. The number of carbonyl (C=O) groups excluding carboxylic acids is 2. The number of amides is 3. The van der Waals surface area contributed by atoms with Gasteiger partial charge < -0.3 is 30.2 Å². The Labute approximate surface area is 228 Å². The van der Waals surface area contributed by atoms with Crippen LogP contribution in [0.2, 0.25) is 0 Å². The number of alkyl halides is 3. The van der Waals surface area contributed by atoms with E-state index in [0.29, 0.717) is 50.0 Å². The Morgan fingerprint density at radius 3 is 2.48 bits per heavy atom. The number of pyridine rings is 1. The van der Waals surface area contributed by atoms with Gasteiger partial charge in [0.1, 0.15) is 23.8 Å². The number of nitrogens with one attached hydrogen (secondary N) is 3. The first-order valence-electron chi connectivity index (χ1n) is 12.4. The summed E-state index contributed by atoms with van der Waals surface area (Å²) < 4.78 is 57.7. The van der Waals surface area contributed by atoms with Gasteiger partial charge in [-0.2, -0.15) is 13.2 Å². The van der Waals surface area contributed by atoms with E-state index in [1.165, 1.54) is 31.4 Å². The third-order valence-corrected chi connectivity index (χ3v) is 5.87. The smallest absolute Gasteiger partial charge is 0.420 e. The SMILES string of the molecule is CNC(=O)c1cc(Oc2ccc(NC(=O)Nc3cccc(C(F)(F)F)c3OCCN3CCOCC3)cc2)ccn1. The van der Waals surface area contributed by atoms with Crippen molar-refractivity contribution in [1.29, 1.82) is 0 Å². The molecule has 13 heteroatoms. The van der Waals surface area contributed by atoms with Crippen LogP contribution in [-0.4, -0.2) is 68.3 Å². The molecule has 212 valence electrons. The van der Waals surface area contributed by atoms with Crippen molar-refractivity contribution < 1.29 is 37.0 Å². The van der Waals surface area contributed by atoms with Crippen LogP contribution in [0.3, 0.4) is 0 Å². The molecular weight excluding hydrogens is 531 g/mol. The Hall–Kier alpha value is -4.36. The van der Waals surface area contributed by atoms with Crippen LogP contribution < -0.4 is 25.4 Å². The van der Waals surface area contributed by atoms with Crippen LogP contribution >= 0.6 is 0 Å². The summed E-state index contributed by atoms with van der Waals surface area (Å²) in [7, 11) is 1.49. The average molecular weight is 560 g/mol. The molecule has 40 heavy (non-hydrogen) atoms. The predicted octanol–water partition coefficient (Wildman–Crippen LogP) is 4.61. The molecule has 2 aromatic carbocycles. The van der Waals surface area contributed by atoms with Gasteiger partial charge in [-0.1, -0.05) is 6.07 Å². The second-order valence-electron chi connectivity index (χ2n) is 8.64. The fourth-order valence-electron chi connectivity index (χ4n) is 3.87. The van der Waals surface area contributed by atoms with E-state index in [1.807, 2.05) is 4.90 Å². The number of benzene rings is 2. The van der Waals surface area contributed by atoms with E-state index in [-0.39, 0.29) is 23.9 Å². The number of hydrogen-bond acceptors (Lipinski definition) is 7. The Kier molecular flexibility index (Phi) is 9.40. The lowest BCUT2D eigenvalue weighted by molar-refractivity contribution is -0.138. The molecule has 2 heterocycles. The number of carbonyl (C=O) groups is 2. The van der Waals surface area contributed by atoms with Gasteiger partial charge in [0.05, 0.1) is 24.5 Å². The third-order valence-electron chi connectivity index (χ3n) is 5.87. The van der Waals surface area contributed by atoms with Crippen LogP contribution in [0.15, 0.2) is 60.8 Å². The van der Waals surface area contributed by atoms with Gasteiger partial charge in [0.25, 0.3) is 5.91 Å². The van der Waals surface area contributed by atoms with Crippen molar-refractivity contribution in [3.8, 4) is 17.2 Å². The van der Waals surface area contributed by atoms with Gasteiger partial charge in [0.15, 0.2) is 5.75 Å². The monoisotopic (exact) mass is 559 g/mol. The summed E-state index contributed by atoms with van der Waals surface area (Å²) in [6.07, 6.45) is -3.23. The molecule has 0 unspecified atom stereocenters. The first-order chi connectivity index (χ1) is 19.2. The quantitative estimate of drug-likeness (QED) is 0.351. The molecule has 3 N–H and O–H groups in total. The molecule has 1 fully saturated rings. The molecule has 1 aliphatic rings. The lowest BCUT2D eigenvalue weighted by atomic mass is 10.1. The van der Waals surface area contributed by atoms with E-state index < -0.39 is 23.5 Å². The lowest BCUT2D eigenvalue weighted by Crippen LogP contribution is -2.38. The predicted molar refractivity (Wildman–Crippen MR) is 141 cm³/mol. The van der Waals surface area contributed by atoms with E-state index in [9.17, 15) is 22.8 Å². The van der Waals surface area contributed by atoms with Crippen LogP contribution in [0.5, 0.6) is 17.2 Å². The number of ether oxygens (including phenoxy) is 3. The lowest BCUT2D eigenvalue weighted by Gasteiger charge is -2.27. The molecular formula is C27H28F3N5O5. The molecule has 1 saturated heterocycles. The number of nitrogens with zero attached hydrogens (tertiary/aromatic N) is 2. The van der Waals surface area contributed by atoms with E-state index >= 15 is 0 Å². The number of halogens is 3. The average Bonchev–Trinajstić information content (AvgIpc) is 2.94. The van der Waals surface area contributed by atoms with E-state index in [0.717, 1.165) is 6.07 Å². The van der Waals surface area contributed by atoms with Crippen molar-refractivity contribution in [2.75, 3.05) is 57.1 Å². The van der Waals surface area contributed by atoms with Crippen molar-refractivity contribution in [1.82, 2.24) is 15.2 Å². The Bertz CT molecular complexity index is 1310. The summed E-state index contributed by atoms with van der Waals surface area (Å²) in [4.78, 5) is 30.4. The van der Waals surface area contributed by atoms with Gasteiger partial charge in [-0.05, 0) is 42.5 Å². The van der Waals surface area contributed by atoms with E-state index in [1.54, 1.807) is 30.3 Å². The molecule has 0 saturated carbocycles. The Morgan fingerprint density at radius 2 is 1.77 bits per heavy atom. The zero-order valence-electron chi connectivity index (χ0n) is 21.6. The molecule has 4 rings (SSSR count). The normalized spacial score (nSPS) is 13.8. The van der Waals surface area contributed by atoms with Gasteiger partial charge in [-0.15, -0.1) is 0 Å². The molecule has 0 spiro atoms. The maximum Gasteiger partial charge on any atom is 0.420 e. The number of para-hydroxylation sites is 1. The minimum absolute atomic E-state index is 0.00689. The third kappa shape index (κ3) is 7.83. The molecule has 1 aliphatic heterocycles. The van der Waals surface area contributed by atoms with Crippen molar-refractivity contribution in [2.24, 2.45) is 0 Å². The minimum Gasteiger partial charge on any atom is -0.489 e. The number of aromatic nitrogens is 1. The van der Waals surface area contributed by atoms with Crippen LogP contribution in [0.25, 0.3) is 0 Å². The molecule has 0 radical (unpaired) electrons. The molecule has 1 aromatic heterocycles. The second-order valence-corrected chi connectivity index (χ2v) is 8.64. The van der Waals surface area contributed by atoms with Gasteiger partial charge in [0, 0.05) is 44.6 Å². The second kappa shape index (κ2) is 13.1. The van der Waals surface area contributed by atoms with E-state index in [4.69, 9.17) is 14.2 Å². The molecule has 3 aromatic rings. The molecule has 0 aliphatic carbocycles. The topological polar surface area (TPSA) is 114 Å². The van der Waals surface area contributed by atoms with Crippen LogP contribution in [-0.2, 0) is 10.9 Å². The number of urea groups is 1.